The van der Waals surface area contributed by atoms with Crippen molar-refractivity contribution in [3.63, 3.8) is 0 Å². The lowest BCUT2D eigenvalue weighted by Crippen LogP contribution is -2.42. The Morgan fingerprint density at radius 1 is 1.14 bits per heavy atom. The fourth-order valence-electron chi connectivity index (χ4n) is 4.27. The number of para-hydroxylation sites is 1. The number of rotatable bonds is 2. The fourth-order valence-corrected chi connectivity index (χ4v) is 4.27. The van der Waals surface area contributed by atoms with Crippen LogP contribution in [0.2, 0.25) is 0 Å². The summed E-state index contributed by atoms with van der Waals surface area (Å²) in [5, 5.41) is 9.97. The first-order valence-corrected chi connectivity index (χ1v) is 9.34. The number of carbonyl (C=O) groups excluding carboxylic acids is 1. The highest BCUT2D eigenvalue weighted by molar-refractivity contribution is 6.01. The predicted octanol–water partition coefficient (Wildman–Crippen LogP) is 4.02. The SMILES string of the molecule is CC1(C)CC(=O)C2=C(C1)N(c1ccccc1)C(N)=C(C#N)C2c1ccncc1. The lowest BCUT2D eigenvalue weighted by molar-refractivity contribution is -0.118. The van der Waals surface area contributed by atoms with Crippen LogP contribution in [0.15, 0.2) is 77.5 Å². The Morgan fingerprint density at radius 2 is 1.82 bits per heavy atom. The van der Waals surface area contributed by atoms with Gasteiger partial charge in [-0.05, 0) is 41.7 Å². The molecule has 2 heterocycles. The standard InChI is InChI=1S/C23H22N4O/c1-23(2)12-18-21(19(28)13-23)20(15-8-10-26-11-9-15)17(14-24)22(25)27(18)16-6-4-3-5-7-16/h3-11,20H,12-13,25H2,1-2H3. The minimum atomic E-state index is -0.452. The van der Waals surface area contributed by atoms with Crippen LogP contribution >= 0.6 is 0 Å². The molecule has 4 rings (SSSR count). The van der Waals surface area contributed by atoms with E-state index >= 15 is 0 Å². The number of aromatic nitrogens is 1. The molecule has 1 atom stereocenters. The van der Waals surface area contributed by atoms with Gasteiger partial charge in [0, 0.05) is 35.8 Å². The summed E-state index contributed by atoms with van der Waals surface area (Å²) in [5.74, 6) is 0.0144. The molecule has 5 heteroatoms. The van der Waals surface area contributed by atoms with Crippen LogP contribution in [0.5, 0.6) is 0 Å². The van der Waals surface area contributed by atoms with E-state index in [2.05, 4.69) is 24.9 Å². The van der Waals surface area contributed by atoms with Crippen molar-refractivity contribution in [3.05, 3.63) is 83.1 Å². The Bertz CT molecular complexity index is 1030. The Balaban J connectivity index is 2.00. The van der Waals surface area contributed by atoms with Gasteiger partial charge in [-0.3, -0.25) is 14.7 Å². The van der Waals surface area contributed by atoms with Crippen LogP contribution in [-0.2, 0) is 4.79 Å². The van der Waals surface area contributed by atoms with Crippen LogP contribution in [0, 0.1) is 16.7 Å². The van der Waals surface area contributed by atoms with E-state index in [4.69, 9.17) is 5.73 Å². The first-order chi connectivity index (χ1) is 13.4. The van der Waals surface area contributed by atoms with E-state index in [-0.39, 0.29) is 11.2 Å². The molecule has 0 bridgehead atoms. The van der Waals surface area contributed by atoms with Gasteiger partial charge in [0.15, 0.2) is 5.78 Å². The van der Waals surface area contributed by atoms with Crippen molar-refractivity contribution >= 4 is 11.5 Å². The second kappa shape index (κ2) is 6.65. The molecule has 0 saturated carbocycles. The summed E-state index contributed by atoms with van der Waals surface area (Å²) in [5.41, 5.74) is 10.1. The maximum Gasteiger partial charge on any atom is 0.162 e. The molecule has 0 amide bonds. The maximum atomic E-state index is 13.3. The highest BCUT2D eigenvalue weighted by Crippen LogP contribution is 2.49. The third-order valence-electron chi connectivity index (χ3n) is 5.43. The van der Waals surface area contributed by atoms with Gasteiger partial charge in [-0.1, -0.05) is 32.0 Å². The molecule has 2 aromatic rings. The molecule has 1 unspecified atom stereocenters. The summed E-state index contributed by atoms with van der Waals surface area (Å²) in [6.07, 6.45) is 4.53. The molecule has 1 aromatic heterocycles. The van der Waals surface area contributed by atoms with Crippen LogP contribution in [0.3, 0.4) is 0 Å². The molecule has 0 spiro atoms. The van der Waals surface area contributed by atoms with E-state index in [1.54, 1.807) is 12.4 Å². The van der Waals surface area contributed by atoms with Gasteiger partial charge >= 0.3 is 0 Å². The number of benzene rings is 1. The number of carbonyl (C=O) groups is 1. The summed E-state index contributed by atoms with van der Waals surface area (Å²) in [7, 11) is 0. The Labute approximate surface area is 164 Å². The molecule has 5 nitrogen and oxygen atoms in total. The van der Waals surface area contributed by atoms with E-state index in [1.807, 2.05) is 47.4 Å². The summed E-state index contributed by atoms with van der Waals surface area (Å²) >= 11 is 0. The quantitative estimate of drug-likeness (QED) is 0.863. The third-order valence-corrected chi connectivity index (χ3v) is 5.43. The third kappa shape index (κ3) is 2.87. The number of anilines is 1. The van der Waals surface area contributed by atoms with Crippen LogP contribution in [0.1, 0.15) is 38.2 Å². The number of pyridine rings is 1. The second-order valence-electron chi connectivity index (χ2n) is 8.10. The van der Waals surface area contributed by atoms with Gasteiger partial charge in [0.05, 0.1) is 17.6 Å². The molecule has 1 aliphatic carbocycles. The zero-order valence-electron chi connectivity index (χ0n) is 16.0. The van der Waals surface area contributed by atoms with Gasteiger partial charge in [-0.15, -0.1) is 0 Å². The average Bonchev–Trinajstić information content (AvgIpc) is 2.67. The monoisotopic (exact) mass is 370 g/mol. The smallest absolute Gasteiger partial charge is 0.162 e. The number of hydrogen-bond acceptors (Lipinski definition) is 5. The summed E-state index contributed by atoms with van der Waals surface area (Å²) in [6.45, 7) is 4.19. The number of ketones is 1. The maximum absolute atomic E-state index is 13.3. The van der Waals surface area contributed by atoms with Crippen molar-refractivity contribution in [2.24, 2.45) is 11.1 Å². The molecule has 1 aliphatic heterocycles. The first-order valence-electron chi connectivity index (χ1n) is 9.34. The molecule has 1 aromatic carbocycles. The molecular formula is C23H22N4O. The van der Waals surface area contributed by atoms with Gasteiger partial charge < -0.3 is 5.73 Å². The topological polar surface area (TPSA) is 83.0 Å². The van der Waals surface area contributed by atoms with Crippen molar-refractivity contribution in [2.75, 3.05) is 4.90 Å². The minimum absolute atomic E-state index is 0.0780. The molecule has 0 saturated heterocycles. The van der Waals surface area contributed by atoms with Crippen molar-refractivity contribution in [3.8, 4) is 6.07 Å². The Kier molecular flexibility index (Phi) is 4.27. The predicted molar refractivity (Wildman–Crippen MR) is 108 cm³/mol. The van der Waals surface area contributed by atoms with Crippen LogP contribution in [-0.4, -0.2) is 10.8 Å². The van der Waals surface area contributed by atoms with Gasteiger partial charge in [0.1, 0.15) is 5.82 Å². The Hall–Kier alpha value is -3.39. The van der Waals surface area contributed by atoms with Gasteiger partial charge in [-0.2, -0.15) is 5.26 Å². The normalized spacial score (nSPS) is 21.4. The van der Waals surface area contributed by atoms with Crippen molar-refractivity contribution in [1.29, 1.82) is 5.26 Å². The molecule has 2 N–H and O–H groups in total. The first kappa shape index (κ1) is 18.0. The summed E-state index contributed by atoms with van der Waals surface area (Å²) in [4.78, 5) is 19.3. The van der Waals surface area contributed by atoms with Gasteiger partial charge in [0.2, 0.25) is 0 Å². The molecule has 140 valence electrons. The molecular weight excluding hydrogens is 348 g/mol. The largest absolute Gasteiger partial charge is 0.384 e. The lowest BCUT2D eigenvalue weighted by Gasteiger charge is -2.43. The van der Waals surface area contributed by atoms with E-state index in [0.717, 1.165) is 16.9 Å². The number of allylic oxidation sites excluding steroid dienone is 3. The van der Waals surface area contributed by atoms with Gasteiger partial charge in [-0.25, -0.2) is 0 Å². The van der Waals surface area contributed by atoms with E-state index in [9.17, 15) is 10.1 Å². The van der Waals surface area contributed by atoms with Crippen LogP contribution in [0.4, 0.5) is 5.69 Å². The number of hydrogen-bond donors (Lipinski definition) is 1. The Morgan fingerprint density at radius 3 is 2.46 bits per heavy atom. The summed E-state index contributed by atoms with van der Waals surface area (Å²) in [6, 6.07) is 15.7. The van der Waals surface area contributed by atoms with E-state index in [0.29, 0.717) is 29.8 Å². The lowest BCUT2D eigenvalue weighted by atomic mass is 9.68. The minimum Gasteiger partial charge on any atom is -0.384 e. The second-order valence-corrected chi connectivity index (χ2v) is 8.10. The number of Topliss-reactive ketones (excluding diaryl/α,β-unsaturated/α-hetero) is 1. The number of nitrogens with two attached hydrogens (primary N) is 1. The molecule has 28 heavy (non-hydrogen) atoms. The van der Waals surface area contributed by atoms with Crippen molar-refractivity contribution in [2.45, 2.75) is 32.6 Å². The number of nitriles is 1. The molecule has 2 aliphatic rings. The van der Waals surface area contributed by atoms with E-state index in [1.165, 1.54) is 0 Å². The molecule has 0 fully saturated rings. The summed E-state index contributed by atoms with van der Waals surface area (Å²) < 4.78 is 0. The number of nitrogens with zero attached hydrogens (tertiary/aromatic N) is 3. The average molecular weight is 370 g/mol. The zero-order chi connectivity index (χ0) is 19.9. The highest BCUT2D eigenvalue weighted by atomic mass is 16.1. The van der Waals surface area contributed by atoms with Crippen molar-refractivity contribution < 1.29 is 4.79 Å². The van der Waals surface area contributed by atoms with Crippen LogP contribution in [0.25, 0.3) is 0 Å². The zero-order valence-corrected chi connectivity index (χ0v) is 16.0. The van der Waals surface area contributed by atoms with Gasteiger partial charge in [0.25, 0.3) is 0 Å². The van der Waals surface area contributed by atoms with Crippen molar-refractivity contribution in [1.82, 2.24) is 4.98 Å². The van der Waals surface area contributed by atoms with Crippen LogP contribution < -0.4 is 10.6 Å². The fraction of sp³-hybridized carbons (Fsp3) is 0.261. The highest BCUT2D eigenvalue weighted by Gasteiger charge is 2.44. The molecule has 0 radical (unpaired) electrons. The van der Waals surface area contributed by atoms with E-state index < -0.39 is 5.92 Å².